The molecule has 0 radical (unpaired) electrons. The van der Waals surface area contributed by atoms with E-state index < -0.39 is 46.8 Å². The molecular formula is C40H36N4O6. The first-order chi connectivity index (χ1) is 24.1. The van der Waals surface area contributed by atoms with Crippen LogP contribution in [0.1, 0.15) is 83.6 Å². The smallest absolute Gasteiger partial charge is 0.306 e. The molecule has 10 heteroatoms. The van der Waals surface area contributed by atoms with E-state index in [2.05, 4.69) is 10.2 Å². The highest BCUT2D eigenvalue weighted by Gasteiger charge is 2.33. The lowest BCUT2D eigenvalue weighted by molar-refractivity contribution is -0.148. The number of Topliss-reactive ketones (excluding diaryl/α,β-unsaturated/α-hetero) is 2. The Balaban J connectivity index is 1.39. The molecule has 0 aliphatic rings. The van der Waals surface area contributed by atoms with E-state index in [9.17, 15) is 29.7 Å². The summed E-state index contributed by atoms with van der Waals surface area (Å²) in [6, 6.07) is 38.3. The lowest BCUT2D eigenvalue weighted by Crippen LogP contribution is -2.27. The van der Waals surface area contributed by atoms with E-state index in [0.717, 1.165) is 0 Å². The van der Waals surface area contributed by atoms with E-state index in [-0.39, 0.29) is 25.7 Å². The second-order valence-electron chi connectivity index (χ2n) is 12.0. The van der Waals surface area contributed by atoms with Crippen molar-refractivity contribution in [3.63, 3.8) is 0 Å². The van der Waals surface area contributed by atoms with Gasteiger partial charge in [-0.05, 0) is 26.7 Å². The van der Waals surface area contributed by atoms with Gasteiger partial charge in [-0.1, -0.05) is 121 Å². The predicted octanol–water partition coefficient (Wildman–Crippen LogP) is 7.90. The molecule has 4 unspecified atom stereocenters. The standard InChI is InChI=1S/C40H36N4O6/c1-39(27-41,25-23-33(45)49-37(31-19-11-5-12-20-31)35(47)29-15-7-3-8-16-29)43-44-40(2,28-42)26-24-34(46)50-38(32-21-13-6-14-22-32)36(48)30-17-9-4-10-18-30/h3-22,37-38H,23-26H2,1-2H3. The van der Waals surface area contributed by atoms with Gasteiger partial charge in [-0.3, -0.25) is 19.2 Å². The maximum atomic E-state index is 13.3. The van der Waals surface area contributed by atoms with Crippen LogP contribution in [-0.4, -0.2) is 34.6 Å². The summed E-state index contributed by atoms with van der Waals surface area (Å²) in [4.78, 5) is 52.6. The summed E-state index contributed by atoms with van der Waals surface area (Å²) in [5.41, 5.74) is -1.29. The Morgan fingerprint density at radius 3 is 1.16 bits per heavy atom. The minimum atomic E-state index is -1.52. The second-order valence-corrected chi connectivity index (χ2v) is 12.0. The molecule has 4 aromatic rings. The third kappa shape index (κ3) is 10.1. The number of hydrogen-bond acceptors (Lipinski definition) is 10. The predicted molar refractivity (Wildman–Crippen MR) is 183 cm³/mol. The summed E-state index contributed by atoms with van der Waals surface area (Å²) in [6.07, 6.45) is -3.13. The monoisotopic (exact) mass is 668 g/mol. The lowest BCUT2D eigenvalue weighted by atomic mass is 9.97. The number of nitrogens with zero attached hydrogens (tertiary/aromatic N) is 4. The van der Waals surface area contributed by atoms with E-state index in [0.29, 0.717) is 22.3 Å². The van der Waals surface area contributed by atoms with Crippen molar-refractivity contribution in [2.75, 3.05) is 0 Å². The number of esters is 2. The van der Waals surface area contributed by atoms with Gasteiger partial charge in [0.15, 0.2) is 23.3 Å². The van der Waals surface area contributed by atoms with Gasteiger partial charge < -0.3 is 9.47 Å². The molecular weight excluding hydrogens is 632 g/mol. The maximum absolute atomic E-state index is 13.3. The van der Waals surface area contributed by atoms with Crippen LogP contribution in [0.2, 0.25) is 0 Å². The fourth-order valence-electron chi connectivity index (χ4n) is 4.86. The van der Waals surface area contributed by atoms with Crippen LogP contribution in [-0.2, 0) is 19.1 Å². The molecule has 0 saturated heterocycles. The van der Waals surface area contributed by atoms with Gasteiger partial charge in [0, 0.05) is 35.1 Å². The molecule has 0 aliphatic carbocycles. The number of azo groups is 1. The summed E-state index contributed by atoms with van der Waals surface area (Å²) in [5.74, 6) is -2.22. The second kappa shape index (κ2) is 17.2. The molecule has 0 aliphatic heterocycles. The quantitative estimate of drug-likeness (QED) is 0.0662. The number of rotatable bonds is 16. The van der Waals surface area contributed by atoms with Crippen LogP contribution < -0.4 is 0 Å². The third-order valence-electron chi connectivity index (χ3n) is 7.90. The fraction of sp³-hybridized carbons (Fsp3) is 0.250. The highest BCUT2D eigenvalue weighted by atomic mass is 16.6. The minimum Gasteiger partial charge on any atom is -0.449 e. The lowest BCUT2D eigenvalue weighted by Gasteiger charge is -2.21. The van der Waals surface area contributed by atoms with Crippen LogP contribution in [0.5, 0.6) is 0 Å². The normalized spacial score (nSPS) is 14.5. The van der Waals surface area contributed by atoms with Gasteiger partial charge in [-0.2, -0.15) is 20.8 Å². The van der Waals surface area contributed by atoms with Crippen molar-refractivity contribution < 1.29 is 28.7 Å². The van der Waals surface area contributed by atoms with Crippen LogP contribution in [0, 0.1) is 22.7 Å². The molecule has 0 fully saturated rings. The number of carbonyl (C=O) groups excluding carboxylic acids is 4. The Hall–Kier alpha value is -6.26. The molecule has 4 rings (SSSR count). The van der Waals surface area contributed by atoms with Crippen molar-refractivity contribution in [2.45, 2.75) is 62.8 Å². The average Bonchev–Trinajstić information content (AvgIpc) is 3.17. The van der Waals surface area contributed by atoms with Crippen molar-refractivity contribution in [3.05, 3.63) is 144 Å². The van der Waals surface area contributed by atoms with Gasteiger partial charge in [-0.25, -0.2) is 0 Å². The fourth-order valence-corrected chi connectivity index (χ4v) is 4.86. The van der Waals surface area contributed by atoms with Crippen molar-refractivity contribution in [3.8, 4) is 12.1 Å². The molecule has 0 N–H and O–H groups in total. The Labute approximate surface area is 291 Å². The number of hydrogen-bond donors (Lipinski definition) is 0. The first-order valence-corrected chi connectivity index (χ1v) is 16.0. The van der Waals surface area contributed by atoms with E-state index in [1.54, 1.807) is 121 Å². The topological polar surface area (TPSA) is 159 Å². The summed E-state index contributed by atoms with van der Waals surface area (Å²) >= 11 is 0. The van der Waals surface area contributed by atoms with Crippen LogP contribution in [0.3, 0.4) is 0 Å². The van der Waals surface area contributed by atoms with Crippen LogP contribution in [0.4, 0.5) is 0 Å². The summed E-state index contributed by atoms with van der Waals surface area (Å²) < 4.78 is 11.3. The van der Waals surface area contributed by atoms with E-state index in [1.807, 2.05) is 12.1 Å². The zero-order valence-corrected chi connectivity index (χ0v) is 27.8. The van der Waals surface area contributed by atoms with Gasteiger partial charge in [0.25, 0.3) is 0 Å². The largest absolute Gasteiger partial charge is 0.449 e. The van der Waals surface area contributed by atoms with Gasteiger partial charge in [0.2, 0.25) is 11.6 Å². The molecule has 252 valence electrons. The van der Waals surface area contributed by atoms with Crippen LogP contribution in [0.15, 0.2) is 132 Å². The number of benzene rings is 4. The Kier molecular flexibility index (Phi) is 12.6. The molecule has 0 heterocycles. The molecule has 0 saturated carbocycles. The summed E-state index contributed by atoms with van der Waals surface area (Å²) in [5, 5.41) is 28.1. The highest BCUT2D eigenvalue weighted by Crippen LogP contribution is 2.28. The van der Waals surface area contributed by atoms with Crippen molar-refractivity contribution in [1.82, 2.24) is 0 Å². The zero-order valence-electron chi connectivity index (χ0n) is 27.8. The number of nitriles is 2. The van der Waals surface area contributed by atoms with Gasteiger partial charge in [0.05, 0.1) is 12.1 Å². The molecule has 0 aromatic heterocycles. The maximum Gasteiger partial charge on any atom is 0.306 e. The van der Waals surface area contributed by atoms with E-state index in [4.69, 9.17) is 9.47 Å². The molecule has 4 aromatic carbocycles. The number of carbonyl (C=O) groups is 4. The molecule has 50 heavy (non-hydrogen) atoms. The number of ether oxygens (including phenoxy) is 2. The van der Waals surface area contributed by atoms with Crippen LogP contribution >= 0.6 is 0 Å². The van der Waals surface area contributed by atoms with Crippen molar-refractivity contribution in [2.24, 2.45) is 10.2 Å². The van der Waals surface area contributed by atoms with Gasteiger partial charge >= 0.3 is 11.9 Å². The third-order valence-corrected chi connectivity index (χ3v) is 7.90. The molecule has 4 atom stereocenters. The molecule has 0 spiro atoms. The molecule has 0 amide bonds. The van der Waals surface area contributed by atoms with E-state index in [1.165, 1.54) is 13.8 Å². The van der Waals surface area contributed by atoms with Gasteiger partial charge in [-0.15, -0.1) is 0 Å². The van der Waals surface area contributed by atoms with Gasteiger partial charge in [0.1, 0.15) is 0 Å². The molecule has 10 nitrogen and oxygen atoms in total. The van der Waals surface area contributed by atoms with Crippen molar-refractivity contribution in [1.29, 1.82) is 10.5 Å². The Morgan fingerprint density at radius 1 is 0.560 bits per heavy atom. The first-order valence-electron chi connectivity index (χ1n) is 16.0. The first kappa shape index (κ1) is 36.6. The minimum absolute atomic E-state index is 0.114. The SMILES string of the molecule is CC(C#N)(CCC(=O)OC(C(=O)c1ccccc1)c1ccccc1)N=NC(C)(C#N)CCC(=O)OC(C(=O)c1ccccc1)c1ccccc1. The molecule has 0 bridgehead atoms. The van der Waals surface area contributed by atoms with Crippen molar-refractivity contribution >= 4 is 23.5 Å². The Bertz CT molecular complexity index is 1750. The zero-order chi connectivity index (χ0) is 36.0. The highest BCUT2D eigenvalue weighted by molar-refractivity contribution is 6.01. The Morgan fingerprint density at radius 2 is 0.860 bits per heavy atom. The average molecular weight is 669 g/mol. The van der Waals surface area contributed by atoms with Crippen LogP contribution in [0.25, 0.3) is 0 Å². The number of ketones is 2. The summed E-state index contributed by atoms with van der Waals surface area (Å²) in [6.45, 7) is 2.92. The summed E-state index contributed by atoms with van der Waals surface area (Å²) in [7, 11) is 0. The van der Waals surface area contributed by atoms with E-state index >= 15 is 0 Å².